The van der Waals surface area contributed by atoms with Gasteiger partial charge in [0.25, 0.3) is 0 Å². The number of hydrogen-bond donors (Lipinski definition) is 0. The summed E-state index contributed by atoms with van der Waals surface area (Å²) in [6, 6.07) is 0. The highest BCUT2D eigenvalue weighted by molar-refractivity contribution is 5.91. The van der Waals surface area contributed by atoms with Crippen molar-refractivity contribution in [1.29, 1.82) is 0 Å². The summed E-state index contributed by atoms with van der Waals surface area (Å²) in [6.07, 6.45) is 27.0. The van der Waals surface area contributed by atoms with Crippen molar-refractivity contribution in [2.75, 3.05) is 13.2 Å². The van der Waals surface area contributed by atoms with Crippen molar-refractivity contribution >= 4 is 12.1 Å². The molecule has 0 aromatic heterocycles. The molecule has 0 bridgehead atoms. The van der Waals surface area contributed by atoms with E-state index in [2.05, 4.69) is 13.8 Å². The van der Waals surface area contributed by atoms with Gasteiger partial charge in [-0.05, 0) is 26.7 Å². The van der Waals surface area contributed by atoms with E-state index in [1.165, 1.54) is 108 Å². The Morgan fingerprint density at radius 1 is 0.632 bits per heavy atom. The molecular weight excluding hydrogens is 474 g/mol. The predicted molar refractivity (Wildman–Crippen MR) is 159 cm³/mol. The first kappa shape index (κ1) is 34.2. The fraction of sp³-hybridized carbons (Fsp3) is 0.818. The van der Waals surface area contributed by atoms with Crippen molar-refractivity contribution in [3.05, 3.63) is 23.0 Å². The Bertz CT molecular complexity index is 697. The van der Waals surface area contributed by atoms with E-state index in [4.69, 9.17) is 9.47 Å². The van der Waals surface area contributed by atoms with Gasteiger partial charge in [0.2, 0.25) is 0 Å². The largest absolute Gasteiger partial charge is 0.462 e. The number of rotatable bonds is 23. The van der Waals surface area contributed by atoms with E-state index >= 15 is 0 Å². The highest BCUT2D eigenvalue weighted by Gasteiger charge is 2.28. The lowest BCUT2D eigenvalue weighted by Gasteiger charge is -2.28. The Kier molecular flexibility index (Phi) is 20.9. The molecule has 1 heterocycles. The fourth-order valence-electron chi connectivity index (χ4n) is 5.06. The summed E-state index contributed by atoms with van der Waals surface area (Å²) < 4.78 is 11.1. The van der Waals surface area contributed by atoms with Crippen molar-refractivity contribution in [1.82, 2.24) is 4.90 Å². The number of allylic oxidation sites excluding steroid dienone is 3. The Labute approximate surface area is 234 Å². The Morgan fingerprint density at radius 3 is 1.47 bits per heavy atom. The van der Waals surface area contributed by atoms with E-state index in [-0.39, 0.29) is 5.97 Å². The van der Waals surface area contributed by atoms with Crippen LogP contribution in [0.25, 0.3) is 0 Å². The maximum absolute atomic E-state index is 12.8. The van der Waals surface area contributed by atoms with Gasteiger partial charge in [-0.2, -0.15) is 0 Å². The number of hydrogen-bond acceptors (Lipinski definition) is 4. The van der Waals surface area contributed by atoms with Crippen LogP contribution in [-0.2, 0) is 14.3 Å². The van der Waals surface area contributed by atoms with Gasteiger partial charge >= 0.3 is 12.1 Å². The first-order chi connectivity index (χ1) is 18.5. The molecule has 1 aliphatic rings. The van der Waals surface area contributed by atoms with Crippen LogP contribution < -0.4 is 0 Å². The van der Waals surface area contributed by atoms with Crippen LogP contribution in [0, 0.1) is 0 Å². The molecule has 0 unspecified atom stereocenters. The zero-order chi connectivity index (χ0) is 27.8. The summed E-state index contributed by atoms with van der Waals surface area (Å²) in [4.78, 5) is 27.0. The lowest BCUT2D eigenvalue weighted by Crippen LogP contribution is -2.33. The van der Waals surface area contributed by atoms with Crippen LogP contribution in [0.4, 0.5) is 4.79 Å². The average molecular weight is 534 g/mol. The minimum atomic E-state index is -0.396. The summed E-state index contributed by atoms with van der Waals surface area (Å²) in [6.45, 7) is 9.07. The van der Waals surface area contributed by atoms with Gasteiger partial charge in [0.1, 0.15) is 0 Å². The molecule has 0 radical (unpaired) electrons. The minimum absolute atomic E-state index is 0.310. The van der Waals surface area contributed by atoms with Crippen LogP contribution in [0.1, 0.15) is 163 Å². The number of amides is 1. The average Bonchev–Trinajstić information content (AvgIpc) is 2.90. The number of carbonyl (C=O) groups excluding carboxylic acids is 2. The Hall–Kier alpha value is -1.78. The quantitative estimate of drug-likeness (QED) is 0.0968. The van der Waals surface area contributed by atoms with Crippen LogP contribution in [0.5, 0.6) is 0 Å². The number of nitrogens with zero attached hydrogens (tertiary/aromatic N) is 1. The molecular formula is C33H59NO4. The van der Waals surface area contributed by atoms with Crippen LogP contribution in [0.3, 0.4) is 0 Å². The topological polar surface area (TPSA) is 55.8 Å². The van der Waals surface area contributed by atoms with Gasteiger partial charge in [0.05, 0.1) is 18.8 Å². The third-order valence-corrected chi connectivity index (χ3v) is 7.61. The van der Waals surface area contributed by atoms with E-state index in [1.807, 2.05) is 19.9 Å². The molecule has 0 aromatic carbocycles. The van der Waals surface area contributed by atoms with Crippen LogP contribution >= 0.6 is 0 Å². The van der Waals surface area contributed by atoms with E-state index in [9.17, 15) is 9.59 Å². The molecule has 38 heavy (non-hydrogen) atoms. The smallest absolute Gasteiger partial charge is 0.418 e. The van der Waals surface area contributed by atoms with Gasteiger partial charge < -0.3 is 9.47 Å². The van der Waals surface area contributed by atoms with Crippen molar-refractivity contribution in [3.8, 4) is 0 Å². The molecule has 1 rings (SSSR count). The lowest BCUT2D eigenvalue weighted by molar-refractivity contribution is -0.139. The summed E-state index contributed by atoms with van der Waals surface area (Å²) in [5.41, 5.74) is 1.99. The number of carbonyl (C=O) groups is 2. The highest BCUT2D eigenvalue weighted by atomic mass is 16.6. The Morgan fingerprint density at radius 2 is 1.03 bits per heavy atom. The van der Waals surface area contributed by atoms with Crippen LogP contribution in [-0.4, -0.2) is 30.2 Å². The van der Waals surface area contributed by atoms with E-state index < -0.39 is 6.09 Å². The second-order valence-corrected chi connectivity index (χ2v) is 11.1. The first-order valence-corrected chi connectivity index (χ1v) is 16.0. The second kappa shape index (κ2) is 23.1. The van der Waals surface area contributed by atoms with Crippen molar-refractivity contribution in [2.24, 2.45) is 0 Å². The van der Waals surface area contributed by atoms with Crippen molar-refractivity contribution < 1.29 is 19.1 Å². The number of esters is 1. The molecule has 0 aromatic rings. The molecule has 0 spiro atoms. The molecule has 5 nitrogen and oxygen atoms in total. The van der Waals surface area contributed by atoms with Gasteiger partial charge in [0.15, 0.2) is 0 Å². The van der Waals surface area contributed by atoms with Gasteiger partial charge in [-0.3, -0.25) is 4.90 Å². The van der Waals surface area contributed by atoms with Gasteiger partial charge in [0, 0.05) is 17.8 Å². The monoisotopic (exact) mass is 533 g/mol. The summed E-state index contributed by atoms with van der Waals surface area (Å²) in [5.74, 6) is -0.310. The van der Waals surface area contributed by atoms with Crippen molar-refractivity contribution in [3.63, 3.8) is 0 Å². The minimum Gasteiger partial charge on any atom is -0.462 e. The zero-order valence-corrected chi connectivity index (χ0v) is 25.4. The summed E-state index contributed by atoms with van der Waals surface area (Å²) >= 11 is 0. The molecule has 0 saturated carbocycles. The van der Waals surface area contributed by atoms with E-state index in [0.717, 1.165) is 31.4 Å². The van der Waals surface area contributed by atoms with E-state index in [1.54, 1.807) is 0 Å². The number of unbranched alkanes of at least 4 members (excludes halogenated alkanes) is 18. The molecule has 5 heteroatoms. The third kappa shape index (κ3) is 15.6. The number of ether oxygens (including phenoxy) is 2. The normalized spacial score (nSPS) is 13.6. The lowest BCUT2D eigenvalue weighted by atomic mass is 10.0. The molecule has 1 amide bonds. The summed E-state index contributed by atoms with van der Waals surface area (Å²) in [7, 11) is 0. The molecule has 0 N–H and O–H groups in total. The molecule has 220 valence electrons. The molecule has 0 saturated heterocycles. The van der Waals surface area contributed by atoms with Gasteiger partial charge in [-0.1, -0.05) is 135 Å². The SMILES string of the molecule is CCCCCCCCCCCCOC(=O)C1=C(C)N(C(=O)OCCCCCCCCCCCC)C(C)=CC1. The third-order valence-electron chi connectivity index (χ3n) is 7.61. The first-order valence-electron chi connectivity index (χ1n) is 16.0. The van der Waals surface area contributed by atoms with E-state index in [0.29, 0.717) is 30.9 Å². The van der Waals surface area contributed by atoms with Crippen LogP contribution in [0.15, 0.2) is 23.0 Å². The maximum Gasteiger partial charge on any atom is 0.418 e. The fourth-order valence-corrected chi connectivity index (χ4v) is 5.06. The molecule has 1 aliphatic heterocycles. The molecule has 0 fully saturated rings. The second-order valence-electron chi connectivity index (χ2n) is 11.1. The predicted octanol–water partition coefficient (Wildman–Crippen LogP) is 10.4. The van der Waals surface area contributed by atoms with Crippen molar-refractivity contribution in [2.45, 2.75) is 163 Å². The van der Waals surface area contributed by atoms with Crippen LogP contribution in [0.2, 0.25) is 0 Å². The Balaban J connectivity index is 2.23. The summed E-state index contributed by atoms with van der Waals surface area (Å²) in [5, 5.41) is 0. The highest BCUT2D eigenvalue weighted by Crippen LogP contribution is 2.27. The van der Waals surface area contributed by atoms with Gasteiger partial charge in [-0.15, -0.1) is 0 Å². The molecule has 0 aliphatic carbocycles. The maximum atomic E-state index is 12.8. The molecule has 0 atom stereocenters. The standard InChI is InChI=1S/C33H59NO4/c1-5-7-9-11-13-15-17-19-21-23-27-37-32(35)31-26-25-29(3)34(30(31)4)33(36)38-28-24-22-20-18-16-14-12-10-8-6-2/h25H,5-24,26-28H2,1-4H3. The van der Waals surface area contributed by atoms with Gasteiger partial charge in [-0.25, -0.2) is 9.59 Å². The zero-order valence-electron chi connectivity index (χ0n) is 25.4.